The molecule has 148 valence electrons. The van der Waals surface area contributed by atoms with E-state index >= 15 is 0 Å². The van der Waals surface area contributed by atoms with Crippen molar-refractivity contribution in [3.8, 4) is 11.4 Å². The molecule has 0 aliphatic heterocycles. The van der Waals surface area contributed by atoms with Crippen molar-refractivity contribution in [3.05, 3.63) is 95.0 Å². The van der Waals surface area contributed by atoms with Crippen LogP contribution >= 0.6 is 27.7 Å². The van der Waals surface area contributed by atoms with E-state index in [-0.39, 0.29) is 11.7 Å². The van der Waals surface area contributed by atoms with Crippen LogP contribution in [0.1, 0.15) is 10.4 Å². The zero-order chi connectivity index (χ0) is 20.9. The van der Waals surface area contributed by atoms with Crippen LogP contribution in [0.2, 0.25) is 0 Å². The van der Waals surface area contributed by atoms with Crippen molar-refractivity contribution in [2.24, 2.45) is 0 Å². The number of nitrogens with zero attached hydrogens (tertiary/aromatic N) is 2. The van der Waals surface area contributed by atoms with E-state index in [1.807, 2.05) is 72.8 Å². The van der Waals surface area contributed by atoms with Crippen LogP contribution in [0.25, 0.3) is 11.4 Å². The number of nitrogen functional groups attached to an aromatic ring is 1. The van der Waals surface area contributed by atoms with E-state index in [1.165, 1.54) is 11.8 Å². The van der Waals surface area contributed by atoms with Crippen LogP contribution in [-0.4, -0.2) is 15.9 Å². The predicted octanol–water partition coefficient (Wildman–Crippen LogP) is 5.89. The molecule has 0 saturated carbocycles. The Morgan fingerprint density at radius 2 is 1.50 bits per heavy atom. The minimum absolute atomic E-state index is 0.214. The SMILES string of the molecule is Nc1nc(-c2ccc(Br)cc2)nc(Sc2ccccc2)c1NC(=O)c1ccccc1. The molecule has 0 unspecified atom stereocenters. The van der Waals surface area contributed by atoms with Gasteiger partial charge in [-0.05, 0) is 36.4 Å². The van der Waals surface area contributed by atoms with Crippen molar-refractivity contribution in [1.29, 1.82) is 0 Å². The normalized spacial score (nSPS) is 10.6. The van der Waals surface area contributed by atoms with Crippen molar-refractivity contribution in [3.63, 3.8) is 0 Å². The summed E-state index contributed by atoms with van der Waals surface area (Å²) in [6, 6.07) is 26.4. The molecule has 1 aromatic heterocycles. The van der Waals surface area contributed by atoms with Gasteiger partial charge in [0.2, 0.25) is 0 Å². The monoisotopic (exact) mass is 476 g/mol. The van der Waals surface area contributed by atoms with Crippen LogP contribution < -0.4 is 11.1 Å². The lowest BCUT2D eigenvalue weighted by atomic mass is 10.2. The van der Waals surface area contributed by atoms with Gasteiger partial charge in [0, 0.05) is 20.5 Å². The predicted molar refractivity (Wildman–Crippen MR) is 125 cm³/mol. The second-order valence-corrected chi connectivity index (χ2v) is 8.33. The highest BCUT2D eigenvalue weighted by Crippen LogP contribution is 2.36. The van der Waals surface area contributed by atoms with Crippen LogP contribution in [0.3, 0.4) is 0 Å². The van der Waals surface area contributed by atoms with Gasteiger partial charge in [0.25, 0.3) is 5.91 Å². The van der Waals surface area contributed by atoms with E-state index in [0.29, 0.717) is 22.1 Å². The summed E-state index contributed by atoms with van der Waals surface area (Å²) in [5.74, 6) is 0.443. The van der Waals surface area contributed by atoms with E-state index in [2.05, 4.69) is 26.2 Å². The Labute approximate surface area is 186 Å². The highest BCUT2D eigenvalue weighted by Gasteiger charge is 2.18. The number of carbonyl (C=O) groups excluding carboxylic acids is 1. The number of benzene rings is 3. The van der Waals surface area contributed by atoms with Gasteiger partial charge in [-0.1, -0.05) is 76.2 Å². The standard InChI is InChI=1S/C23H17BrN4OS/c24-17-13-11-15(12-14-17)21-27-20(25)19(26-22(29)16-7-3-1-4-8-16)23(28-21)30-18-9-5-2-6-10-18/h1-14H,(H,26,29)(H2,25,27,28). The summed E-state index contributed by atoms with van der Waals surface area (Å²) < 4.78 is 0.963. The lowest BCUT2D eigenvalue weighted by molar-refractivity contribution is 0.102. The molecular weight excluding hydrogens is 460 g/mol. The first-order valence-electron chi connectivity index (χ1n) is 9.13. The topological polar surface area (TPSA) is 80.9 Å². The van der Waals surface area contributed by atoms with Crippen molar-refractivity contribution in [2.45, 2.75) is 9.92 Å². The Morgan fingerprint density at radius 3 is 2.17 bits per heavy atom. The number of halogens is 1. The summed E-state index contributed by atoms with van der Waals surface area (Å²) in [6.45, 7) is 0. The molecule has 0 radical (unpaired) electrons. The molecule has 0 aliphatic rings. The maximum Gasteiger partial charge on any atom is 0.255 e. The van der Waals surface area contributed by atoms with Crippen molar-refractivity contribution >= 4 is 45.1 Å². The number of aromatic nitrogens is 2. The van der Waals surface area contributed by atoms with Crippen molar-refractivity contribution in [2.75, 3.05) is 11.1 Å². The van der Waals surface area contributed by atoms with Gasteiger partial charge in [0.1, 0.15) is 10.7 Å². The Kier molecular flexibility index (Phi) is 6.11. The molecule has 1 heterocycles. The maximum absolute atomic E-state index is 12.7. The van der Waals surface area contributed by atoms with Crippen molar-refractivity contribution < 1.29 is 4.79 Å². The number of anilines is 2. The number of nitrogens with two attached hydrogens (primary N) is 1. The largest absolute Gasteiger partial charge is 0.382 e. The number of nitrogens with one attached hydrogen (secondary N) is 1. The average Bonchev–Trinajstić information content (AvgIpc) is 2.77. The van der Waals surface area contributed by atoms with Crippen LogP contribution in [0.5, 0.6) is 0 Å². The molecule has 3 N–H and O–H groups in total. The number of rotatable bonds is 5. The quantitative estimate of drug-likeness (QED) is 0.350. The summed E-state index contributed by atoms with van der Waals surface area (Å²) in [7, 11) is 0. The molecule has 0 aliphatic carbocycles. The third-order valence-electron chi connectivity index (χ3n) is 4.24. The van der Waals surface area contributed by atoms with E-state index < -0.39 is 0 Å². The first-order chi connectivity index (χ1) is 14.6. The fourth-order valence-electron chi connectivity index (χ4n) is 2.75. The maximum atomic E-state index is 12.7. The molecule has 0 fully saturated rings. The van der Waals surface area contributed by atoms with E-state index in [0.717, 1.165) is 14.9 Å². The highest BCUT2D eigenvalue weighted by molar-refractivity contribution is 9.10. The summed E-state index contributed by atoms with van der Waals surface area (Å²) in [6.07, 6.45) is 0. The molecular formula is C23H17BrN4OS. The summed E-state index contributed by atoms with van der Waals surface area (Å²) in [5.41, 5.74) is 8.05. The Morgan fingerprint density at radius 1 is 0.867 bits per heavy atom. The highest BCUT2D eigenvalue weighted by atomic mass is 79.9. The number of amides is 1. The molecule has 7 heteroatoms. The van der Waals surface area contributed by atoms with Gasteiger partial charge in [-0.15, -0.1) is 0 Å². The third-order valence-corrected chi connectivity index (χ3v) is 5.76. The smallest absolute Gasteiger partial charge is 0.255 e. The Bertz CT molecular complexity index is 1170. The number of hydrogen-bond acceptors (Lipinski definition) is 5. The lowest BCUT2D eigenvalue weighted by Crippen LogP contribution is -2.15. The van der Waals surface area contributed by atoms with Gasteiger partial charge >= 0.3 is 0 Å². The van der Waals surface area contributed by atoms with E-state index in [1.54, 1.807) is 12.1 Å². The van der Waals surface area contributed by atoms with Gasteiger partial charge in [-0.25, -0.2) is 9.97 Å². The van der Waals surface area contributed by atoms with Gasteiger partial charge in [-0.3, -0.25) is 4.79 Å². The minimum Gasteiger partial charge on any atom is -0.382 e. The molecule has 1 amide bonds. The molecule has 0 bridgehead atoms. The van der Waals surface area contributed by atoms with Crippen LogP contribution in [0.4, 0.5) is 11.5 Å². The first-order valence-corrected chi connectivity index (χ1v) is 10.7. The fourth-order valence-corrected chi connectivity index (χ4v) is 3.92. The molecule has 30 heavy (non-hydrogen) atoms. The molecule has 0 spiro atoms. The van der Waals surface area contributed by atoms with E-state index in [4.69, 9.17) is 10.7 Å². The molecule has 4 aromatic rings. The summed E-state index contributed by atoms with van der Waals surface area (Å²) >= 11 is 4.86. The zero-order valence-electron chi connectivity index (χ0n) is 15.7. The molecule has 5 nitrogen and oxygen atoms in total. The molecule has 4 rings (SSSR count). The van der Waals surface area contributed by atoms with Gasteiger partial charge in [-0.2, -0.15) is 0 Å². The van der Waals surface area contributed by atoms with Crippen LogP contribution in [-0.2, 0) is 0 Å². The third kappa shape index (κ3) is 4.69. The number of carbonyl (C=O) groups is 1. The summed E-state index contributed by atoms with van der Waals surface area (Å²) in [4.78, 5) is 22.9. The molecule has 3 aromatic carbocycles. The minimum atomic E-state index is -0.266. The second-order valence-electron chi connectivity index (χ2n) is 6.35. The van der Waals surface area contributed by atoms with Gasteiger partial charge in [0.15, 0.2) is 11.6 Å². The van der Waals surface area contributed by atoms with Gasteiger partial charge in [0.05, 0.1) is 0 Å². The Balaban J connectivity index is 1.75. The first kappa shape index (κ1) is 20.1. The molecule has 0 saturated heterocycles. The van der Waals surface area contributed by atoms with Crippen LogP contribution in [0.15, 0.2) is 99.3 Å². The Hall–Kier alpha value is -3.16. The van der Waals surface area contributed by atoms with Crippen LogP contribution in [0, 0.1) is 0 Å². The second kappa shape index (κ2) is 9.11. The summed E-state index contributed by atoms with van der Waals surface area (Å²) in [5, 5.41) is 3.47. The van der Waals surface area contributed by atoms with Gasteiger partial charge < -0.3 is 11.1 Å². The fraction of sp³-hybridized carbons (Fsp3) is 0. The lowest BCUT2D eigenvalue weighted by Gasteiger charge is -2.14. The van der Waals surface area contributed by atoms with Crippen molar-refractivity contribution in [1.82, 2.24) is 9.97 Å². The zero-order valence-corrected chi connectivity index (χ0v) is 18.2. The molecule has 0 atom stereocenters. The average molecular weight is 477 g/mol. The number of hydrogen-bond donors (Lipinski definition) is 2. The van der Waals surface area contributed by atoms with E-state index in [9.17, 15) is 4.79 Å².